The SMILES string of the molecule is COc1ccccc1Oc1c(NS(=O)(=O)c2ccc(C(C)C)s2)nc(-c2ncccn2)nc1SCC(=O)NCCCN1CCOCC1. The van der Waals surface area contributed by atoms with Gasteiger partial charge in [-0.25, -0.2) is 28.4 Å². The number of carbonyl (C=O) groups is 1. The van der Waals surface area contributed by atoms with Gasteiger partial charge in [0.2, 0.25) is 17.5 Å². The van der Waals surface area contributed by atoms with Gasteiger partial charge in [0.05, 0.1) is 26.1 Å². The van der Waals surface area contributed by atoms with Crippen LogP contribution in [0.15, 0.2) is 64.1 Å². The van der Waals surface area contributed by atoms with E-state index in [0.29, 0.717) is 18.0 Å². The molecule has 0 radical (unpaired) electrons. The molecule has 1 saturated heterocycles. The number of anilines is 1. The lowest BCUT2D eigenvalue weighted by molar-refractivity contribution is -0.118. The number of thioether (sulfide) groups is 1. The highest BCUT2D eigenvalue weighted by molar-refractivity contribution is 8.00. The number of morpholine rings is 1. The van der Waals surface area contributed by atoms with Gasteiger partial charge in [0.15, 0.2) is 23.1 Å². The molecule has 1 aliphatic heterocycles. The largest absolute Gasteiger partial charge is 0.493 e. The Morgan fingerprint density at radius 3 is 2.49 bits per heavy atom. The molecule has 0 bridgehead atoms. The maximum atomic E-state index is 13.7. The van der Waals surface area contributed by atoms with Crippen LogP contribution in [0.1, 0.15) is 31.1 Å². The maximum absolute atomic E-state index is 13.7. The van der Waals surface area contributed by atoms with Crippen molar-refractivity contribution in [1.82, 2.24) is 30.2 Å². The van der Waals surface area contributed by atoms with Gasteiger partial charge in [-0.2, -0.15) is 0 Å². The number of hydrogen-bond acceptors (Lipinski definition) is 13. The molecular weight excluding hydrogens is 663 g/mol. The zero-order valence-corrected chi connectivity index (χ0v) is 28.8. The summed E-state index contributed by atoms with van der Waals surface area (Å²) in [5, 5.41) is 3.17. The number of amides is 1. The number of rotatable bonds is 15. The fraction of sp³-hybridized carbons (Fsp3) is 0.387. The third-order valence-corrected chi connectivity index (χ3v) is 11.1. The molecule has 13 nitrogen and oxygen atoms in total. The first-order valence-electron chi connectivity index (χ1n) is 15.1. The van der Waals surface area contributed by atoms with E-state index in [4.69, 9.17) is 14.2 Å². The number of nitrogens with one attached hydrogen (secondary N) is 2. The molecule has 3 aromatic heterocycles. The highest BCUT2D eigenvalue weighted by Crippen LogP contribution is 2.42. The van der Waals surface area contributed by atoms with Crippen LogP contribution in [-0.4, -0.2) is 91.4 Å². The molecule has 0 spiro atoms. The number of carbonyl (C=O) groups excluding carboxylic acids is 1. The first-order valence-corrected chi connectivity index (χ1v) is 18.3. The molecule has 0 unspecified atom stereocenters. The van der Waals surface area contributed by atoms with Crippen molar-refractivity contribution >= 4 is 44.8 Å². The van der Waals surface area contributed by atoms with E-state index in [1.54, 1.807) is 42.5 Å². The second-order valence-electron chi connectivity index (χ2n) is 10.7. The molecule has 1 fully saturated rings. The number of methoxy groups -OCH3 is 1. The van der Waals surface area contributed by atoms with E-state index in [0.717, 1.165) is 55.9 Å². The van der Waals surface area contributed by atoms with Gasteiger partial charge in [-0.3, -0.25) is 14.4 Å². The summed E-state index contributed by atoms with van der Waals surface area (Å²) >= 11 is 2.26. The highest BCUT2D eigenvalue weighted by atomic mass is 32.2. The number of ether oxygens (including phenoxy) is 3. The number of hydrogen-bond donors (Lipinski definition) is 2. The Morgan fingerprint density at radius 2 is 1.79 bits per heavy atom. The van der Waals surface area contributed by atoms with Crippen LogP contribution in [-0.2, 0) is 19.6 Å². The molecule has 47 heavy (non-hydrogen) atoms. The van der Waals surface area contributed by atoms with Gasteiger partial charge in [-0.15, -0.1) is 11.3 Å². The molecule has 4 heterocycles. The zero-order chi connectivity index (χ0) is 33.2. The van der Waals surface area contributed by atoms with Crippen LogP contribution >= 0.6 is 23.1 Å². The van der Waals surface area contributed by atoms with E-state index >= 15 is 0 Å². The van der Waals surface area contributed by atoms with Crippen LogP contribution in [0.2, 0.25) is 0 Å². The Kier molecular flexibility index (Phi) is 12.0. The summed E-state index contributed by atoms with van der Waals surface area (Å²) in [6, 6.07) is 11.9. The van der Waals surface area contributed by atoms with Crippen molar-refractivity contribution in [2.24, 2.45) is 0 Å². The lowest BCUT2D eigenvalue weighted by Crippen LogP contribution is -2.38. The summed E-state index contributed by atoms with van der Waals surface area (Å²) in [6.45, 7) is 8.59. The van der Waals surface area contributed by atoms with E-state index in [1.165, 1.54) is 30.8 Å². The Morgan fingerprint density at radius 1 is 1.04 bits per heavy atom. The van der Waals surface area contributed by atoms with Crippen LogP contribution < -0.4 is 19.5 Å². The third-order valence-electron chi connectivity index (χ3n) is 6.97. The maximum Gasteiger partial charge on any atom is 0.272 e. The van der Waals surface area contributed by atoms with Crippen molar-refractivity contribution in [2.45, 2.75) is 35.4 Å². The molecule has 1 amide bonds. The second-order valence-corrected chi connectivity index (χ2v) is 14.7. The molecule has 2 N–H and O–H groups in total. The lowest BCUT2D eigenvalue weighted by Gasteiger charge is -2.26. The predicted molar refractivity (Wildman–Crippen MR) is 181 cm³/mol. The van der Waals surface area contributed by atoms with Gasteiger partial charge in [-0.05, 0) is 49.2 Å². The number of aromatic nitrogens is 4. The average molecular weight is 700 g/mol. The summed E-state index contributed by atoms with van der Waals surface area (Å²) in [5.41, 5.74) is 0. The smallest absolute Gasteiger partial charge is 0.272 e. The van der Waals surface area contributed by atoms with Crippen molar-refractivity contribution in [1.29, 1.82) is 0 Å². The molecule has 5 rings (SSSR count). The number of thiophene rings is 1. The number of sulfonamides is 1. The van der Waals surface area contributed by atoms with Crippen molar-refractivity contribution in [3.05, 3.63) is 59.7 Å². The molecule has 16 heteroatoms. The van der Waals surface area contributed by atoms with Crippen LogP contribution in [0.3, 0.4) is 0 Å². The van der Waals surface area contributed by atoms with Crippen molar-refractivity contribution < 1.29 is 27.4 Å². The van der Waals surface area contributed by atoms with Gasteiger partial charge >= 0.3 is 0 Å². The van der Waals surface area contributed by atoms with Crippen LogP contribution in [0.25, 0.3) is 11.6 Å². The predicted octanol–water partition coefficient (Wildman–Crippen LogP) is 4.65. The molecular formula is C31H37N7O6S3. The van der Waals surface area contributed by atoms with E-state index in [9.17, 15) is 13.2 Å². The van der Waals surface area contributed by atoms with Gasteiger partial charge in [0.1, 0.15) is 9.24 Å². The normalized spacial score (nSPS) is 13.8. The second kappa shape index (κ2) is 16.3. The Bertz CT molecular complexity index is 1750. The summed E-state index contributed by atoms with van der Waals surface area (Å²) in [6.07, 6.45) is 3.87. The van der Waals surface area contributed by atoms with Gasteiger partial charge in [0, 0.05) is 36.9 Å². The monoisotopic (exact) mass is 699 g/mol. The topological polar surface area (TPSA) is 158 Å². The molecule has 0 aliphatic carbocycles. The fourth-order valence-electron chi connectivity index (χ4n) is 4.52. The Hall–Kier alpha value is -3.83. The molecule has 250 valence electrons. The number of nitrogens with zero attached hydrogens (tertiary/aromatic N) is 5. The molecule has 4 aromatic rings. The summed E-state index contributed by atoms with van der Waals surface area (Å²) in [5.74, 6) is 0.732. The van der Waals surface area contributed by atoms with E-state index < -0.39 is 10.0 Å². The molecule has 1 aromatic carbocycles. The zero-order valence-electron chi connectivity index (χ0n) is 26.3. The molecule has 0 atom stereocenters. The number of benzene rings is 1. The highest BCUT2D eigenvalue weighted by Gasteiger charge is 2.27. The van der Waals surface area contributed by atoms with Crippen molar-refractivity contribution in [3.8, 4) is 28.9 Å². The molecule has 0 saturated carbocycles. The first-order chi connectivity index (χ1) is 22.7. The van der Waals surface area contributed by atoms with E-state index in [1.807, 2.05) is 13.8 Å². The first kappa shape index (κ1) is 34.5. The number of para-hydroxylation sites is 2. The third kappa shape index (κ3) is 9.38. The van der Waals surface area contributed by atoms with Gasteiger partial charge < -0.3 is 19.5 Å². The quantitative estimate of drug-likeness (QED) is 0.101. The lowest BCUT2D eigenvalue weighted by atomic mass is 10.2. The average Bonchev–Trinajstić information content (AvgIpc) is 3.60. The summed E-state index contributed by atoms with van der Waals surface area (Å²) < 4.78 is 47.3. The van der Waals surface area contributed by atoms with Gasteiger partial charge in [-0.1, -0.05) is 37.7 Å². The van der Waals surface area contributed by atoms with Gasteiger partial charge in [0.25, 0.3) is 10.0 Å². The minimum Gasteiger partial charge on any atom is -0.493 e. The van der Waals surface area contributed by atoms with Crippen LogP contribution in [0.4, 0.5) is 5.82 Å². The van der Waals surface area contributed by atoms with E-state index in [2.05, 4.69) is 34.9 Å². The van der Waals surface area contributed by atoms with Crippen LogP contribution in [0.5, 0.6) is 17.2 Å². The summed E-state index contributed by atoms with van der Waals surface area (Å²) in [4.78, 5) is 33.9. The minimum absolute atomic E-state index is 0.00325. The fourth-order valence-corrected chi connectivity index (χ4v) is 7.65. The van der Waals surface area contributed by atoms with Crippen molar-refractivity contribution in [2.75, 3.05) is 57.0 Å². The van der Waals surface area contributed by atoms with Crippen molar-refractivity contribution in [3.63, 3.8) is 0 Å². The Labute approximate surface area is 282 Å². The van der Waals surface area contributed by atoms with Crippen LogP contribution in [0, 0.1) is 0 Å². The summed E-state index contributed by atoms with van der Waals surface area (Å²) in [7, 11) is -2.60. The minimum atomic E-state index is -4.10. The molecule has 1 aliphatic rings. The standard InChI is InChI=1S/C31H37N7O6S3/c1-21(2)24-10-11-26(46-24)47(40,41)37-28-27(44-23-9-5-4-8-22(23)42-3)31(36-30(35-28)29-33-12-6-13-34-29)45-20-25(39)32-14-7-15-38-16-18-43-19-17-38/h4-6,8-13,21H,7,14-20H2,1-3H3,(H,32,39)(H,35,36,37). The Balaban J connectivity index is 1.46. The van der Waals surface area contributed by atoms with E-state index in [-0.39, 0.29) is 50.0 Å².